The van der Waals surface area contributed by atoms with Crippen LogP contribution >= 0.6 is 0 Å². The molecule has 92 valence electrons. The molecule has 1 fully saturated rings. The molecule has 0 amide bonds. The first kappa shape index (κ1) is 12.9. The maximum absolute atomic E-state index is 11.2. The van der Waals surface area contributed by atoms with Crippen molar-refractivity contribution in [3.8, 4) is 0 Å². The summed E-state index contributed by atoms with van der Waals surface area (Å²) in [5.74, 6) is -4.12. The Hall–Kier alpha value is -1.14. The third kappa shape index (κ3) is 2.17. The van der Waals surface area contributed by atoms with Crippen LogP contribution in [-0.4, -0.2) is 33.7 Å². The van der Waals surface area contributed by atoms with E-state index in [4.69, 9.17) is 0 Å². The Balaban J connectivity index is 3.03. The number of carbonyl (C=O) groups is 2. The van der Waals surface area contributed by atoms with Crippen LogP contribution in [0.2, 0.25) is 0 Å². The number of ether oxygens (including phenoxy) is 2. The standard InChI is InChI=1S/C10H16O6/c1-3-9(13,4-2)10(14)15-7(11)5-6-8(12)16-10/h13-14H,3-6H2,1-2H3. The summed E-state index contributed by atoms with van der Waals surface area (Å²) in [4.78, 5) is 22.4. The van der Waals surface area contributed by atoms with Gasteiger partial charge < -0.3 is 19.7 Å². The van der Waals surface area contributed by atoms with Gasteiger partial charge in [-0.15, -0.1) is 0 Å². The molecule has 0 aromatic heterocycles. The molecule has 1 aliphatic rings. The smallest absolute Gasteiger partial charge is 0.396 e. The molecule has 0 bridgehead atoms. The van der Waals surface area contributed by atoms with Gasteiger partial charge in [0.05, 0.1) is 12.8 Å². The van der Waals surface area contributed by atoms with E-state index in [9.17, 15) is 19.8 Å². The molecule has 0 atom stereocenters. The minimum Gasteiger partial charge on any atom is -0.396 e. The second-order valence-electron chi connectivity index (χ2n) is 3.77. The van der Waals surface area contributed by atoms with Crippen LogP contribution in [0, 0.1) is 0 Å². The molecule has 16 heavy (non-hydrogen) atoms. The lowest BCUT2D eigenvalue weighted by Gasteiger charge is -2.38. The largest absolute Gasteiger partial charge is 0.404 e. The summed E-state index contributed by atoms with van der Waals surface area (Å²) in [6.07, 6.45) is -0.156. The van der Waals surface area contributed by atoms with E-state index in [0.717, 1.165) is 0 Å². The van der Waals surface area contributed by atoms with Crippen molar-refractivity contribution < 1.29 is 29.3 Å². The van der Waals surface area contributed by atoms with Gasteiger partial charge in [-0.1, -0.05) is 13.8 Å². The molecule has 0 aromatic rings. The number of esters is 2. The summed E-state index contributed by atoms with van der Waals surface area (Å²) in [5.41, 5.74) is -1.79. The van der Waals surface area contributed by atoms with Crippen LogP contribution < -0.4 is 0 Å². The lowest BCUT2D eigenvalue weighted by atomic mass is 9.94. The molecule has 0 aromatic carbocycles. The number of aliphatic hydroxyl groups is 2. The Bertz CT molecular complexity index is 276. The maximum Gasteiger partial charge on any atom is 0.404 e. The molecular formula is C10H16O6. The van der Waals surface area contributed by atoms with Crippen LogP contribution in [0.4, 0.5) is 0 Å². The minimum atomic E-state index is -2.58. The van der Waals surface area contributed by atoms with Gasteiger partial charge in [0.15, 0.2) is 5.60 Å². The Kier molecular flexibility index (Phi) is 3.54. The number of cyclic esters (lactones) is 2. The highest BCUT2D eigenvalue weighted by Crippen LogP contribution is 2.34. The molecular weight excluding hydrogens is 216 g/mol. The van der Waals surface area contributed by atoms with Gasteiger partial charge >= 0.3 is 17.9 Å². The molecule has 0 aliphatic carbocycles. The van der Waals surface area contributed by atoms with E-state index in [1.54, 1.807) is 13.8 Å². The molecule has 1 aliphatic heterocycles. The first-order valence-electron chi connectivity index (χ1n) is 5.25. The maximum atomic E-state index is 11.2. The summed E-state index contributed by atoms with van der Waals surface area (Å²) < 4.78 is 9.28. The Morgan fingerprint density at radius 1 is 1.19 bits per heavy atom. The van der Waals surface area contributed by atoms with E-state index in [1.165, 1.54) is 0 Å². The van der Waals surface area contributed by atoms with Crippen molar-refractivity contribution in [2.24, 2.45) is 0 Å². The zero-order valence-corrected chi connectivity index (χ0v) is 9.36. The third-order valence-electron chi connectivity index (χ3n) is 2.80. The van der Waals surface area contributed by atoms with Gasteiger partial charge in [-0.3, -0.25) is 9.59 Å². The molecule has 6 nitrogen and oxygen atoms in total. The first-order chi connectivity index (χ1) is 7.37. The van der Waals surface area contributed by atoms with Gasteiger partial charge in [0.2, 0.25) is 0 Å². The number of carbonyl (C=O) groups excluding carboxylic acids is 2. The third-order valence-corrected chi connectivity index (χ3v) is 2.80. The van der Waals surface area contributed by atoms with Crippen molar-refractivity contribution in [2.45, 2.75) is 51.1 Å². The predicted molar refractivity (Wildman–Crippen MR) is 51.9 cm³/mol. The van der Waals surface area contributed by atoms with Crippen LogP contribution in [0.3, 0.4) is 0 Å². The molecule has 0 unspecified atom stereocenters. The monoisotopic (exact) mass is 232 g/mol. The fourth-order valence-electron chi connectivity index (χ4n) is 1.52. The Morgan fingerprint density at radius 3 is 1.88 bits per heavy atom. The van der Waals surface area contributed by atoms with Gasteiger partial charge in [-0.25, -0.2) is 0 Å². The van der Waals surface area contributed by atoms with Crippen molar-refractivity contribution in [3.05, 3.63) is 0 Å². The molecule has 6 heteroatoms. The van der Waals surface area contributed by atoms with Gasteiger partial charge in [0.1, 0.15) is 0 Å². The van der Waals surface area contributed by atoms with Crippen molar-refractivity contribution in [3.63, 3.8) is 0 Å². The molecule has 0 radical (unpaired) electrons. The second-order valence-corrected chi connectivity index (χ2v) is 3.77. The molecule has 1 heterocycles. The van der Waals surface area contributed by atoms with Crippen molar-refractivity contribution >= 4 is 11.9 Å². The molecule has 0 saturated carbocycles. The highest BCUT2D eigenvalue weighted by molar-refractivity contribution is 5.79. The van der Waals surface area contributed by atoms with E-state index in [-0.39, 0.29) is 25.7 Å². The SMILES string of the molecule is CCC(O)(CC)C1(O)OC(=O)CCC(=O)O1. The molecule has 2 N–H and O–H groups in total. The van der Waals surface area contributed by atoms with Crippen LogP contribution in [0.1, 0.15) is 39.5 Å². The van der Waals surface area contributed by atoms with Crippen LogP contribution in [0.5, 0.6) is 0 Å². The van der Waals surface area contributed by atoms with E-state index in [2.05, 4.69) is 9.47 Å². The number of rotatable bonds is 3. The van der Waals surface area contributed by atoms with Crippen LogP contribution in [-0.2, 0) is 19.1 Å². The average Bonchev–Trinajstić information content (AvgIpc) is 2.37. The minimum absolute atomic E-state index is 0.0839. The lowest BCUT2D eigenvalue weighted by molar-refractivity contribution is -0.390. The Labute approximate surface area is 93.2 Å². The van der Waals surface area contributed by atoms with Gasteiger partial charge in [-0.05, 0) is 12.8 Å². The molecule has 0 spiro atoms. The summed E-state index contributed by atoms with van der Waals surface area (Å²) >= 11 is 0. The zero-order valence-electron chi connectivity index (χ0n) is 9.36. The fraction of sp³-hybridized carbons (Fsp3) is 0.800. The van der Waals surface area contributed by atoms with E-state index >= 15 is 0 Å². The summed E-state index contributed by atoms with van der Waals surface area (Å²) in [6.45, 7) is 3.18. The van der Waals surface area contributed by atoms with Crippen molar-refractivity contribution in [1.82, 2.24) is 0 Å². The second kappa shape index (κ2) is 4.39. The van der Waals surface area contributed by atoms with Gasteiger partial charge in [0, 0.05) is 0 Å². The normalized spacial score (nSPS) is 21.0. The van der Waals surface area contributed by atoms with E-state index in [0.29, 0.717) is 0 Å². The highest BCUT2D eigenvalue weighted by Gasteiger charge is 2.55. The quantitative estimate of drug-likeness (QED) is 0.668. The highest BCUT2D eigenvalue weighted by atomic mass is 16.9. The van der Waals surface area contributed by atoms with Crippen molar-refractivity contribution in [1.29, 1.82) is 0 Å². The fourth-order valence-corrected chi connectivity index (χ4v) is 1.52. The van der Waals surface area contributed by atoms with Gasteiger partial charge in [0.25, 0.3) is 0 Å². The Morgan fingerprint density at radius 2 is 1.56 bits per heavy atom. The summed E-state index contributed by atoms with van der Waals surface area (Å²) in [7, 11) is 0. The average molecular weight is 232 g/mol. The summed E-state index contributed by atoms with van der Waals surface area (Å²) in [6, 6.07) is 0. The molecule has 1 rings (SSSR count). The summed E-state index contributed by atoms with van der Waals surface area (Å²) in [5, 5.41) is 20.0. The van der Waals surface area contributed by atoms with Crippen molar-refractivity contribution in [2.75, 3.05) is 0 Å². The van der Waals surface area contributed by atoms with Crippen LogP contribution in [0.15, 0.2) is 0 Å². The topological polar surface area (TPSA) is 93.1 Å². The predicted octanol–water partition coefficient (Wildman–Crippen LogP) is 0.0638. The van der Waals surface area contributed by atoms with Crippen LogP contribution in [0.25, 0.3) is 0 Å². The molecule has 1 saturated heterocycles. The number of hydrogen-bond donors (Lipinski definition) is 2. The number of hydrogen-bond acceptors (Lipinski definition) is 6. The zero-order chi connectivity index (χ0) is 12.4. The lowest BCUT2D eigenvalue weighted by Crippen LogP contribution is -2.58. The van der Waals surface area contributed by atoms with E-state index in [1.807, 2.05) is 0 Å². The van der Waals surface area contributed by atoms with Gasteiger partial charge in [-0.2, -0.15) is 0 Å². The first-order valence-corrected chi connectivity index (χ1v) is 5.25. The van der Waals surface area contributed by atoms with E-state index < -0.39 is 23.5 Å².